The smallest absolute Gasteiger partial charge is 0.199 e. The third-order valence-electron chi connectivity index (χ3n) is 4.22. The molecule has 0 aromatic heterocycles. The van der Waals surface area contributed by atoms with Gasteiger partial charge in [0.1, 0.15) is 22.8 Å². The number of hydrogen-bond donors (Lipinski definition) is 1. The molecule has 24 heavy (non-hydrogen) atoms. The Morgan fingerprint density at radius 2 is 1.75 bits per heavy atom. The number of carbonyl (C=O) groups excluding carboxylic acids is 1. The normalized spacial score (nSPS) is 20.0. The summed E-state index contributed by atoms with van der Waals surface area (Å²) < 4.78 is 11.1. The first-order valence-electron chi connectivity index (χ1n) is 8.22. The van der Waals surface area contributed by atoms with Gasteiger partial charge >= 0.3 is 0 Å². The molecule has 124 valence electrons. The van der Waals surface area contributed by atoms with Crippen LogP contribution >= 0.6 is 0 Å². The number of fused-ring (bicyclic) bond motifs is 1. The number of ether oxygens (including phenoxy) is 2. The van der Waals surface area contributed by atoms with Crippen molar-refractivity contribution in [1.82, 2.24) is 0 Å². The Labute approximate surface area is 142 Å². The Bertz CT molecular complexity index is 769. The van der Waals surface area contributed by atoms with Crippen LogP contribution in [-0.2, 0) is 14.3 Å². The molecule has 4 nitrogen and oxygen atoms in total. The number of allylic oxidation sites excluding steroid dienone is 4. The van der Waals surface area contributed by atoms with Gasteiger partial charge < -0.3 is 9.47 Å². The zero-order chi connectivity index (χ0) is 17.1. The highest BCUT2D eigenvalue weighted by atomic mass is 16.5. The SMILES string of the molecule is CCOC1=C2C(=O)C=C(OC)C=C2[NH+](CC)C(c2ccccc2)=C1. The van der Waals surface area contributed by atoms with Crippen LogP contribution in [0.2, 0.25) is 0 Å². The van der Waals surface area contributed by atoms with E-state index in [0.717, 1.165) is 28.4 Å². The number of quaternary nitrogens is 1. The van der Waals surface area contributed by atoms with Gasteiger partial charge in [0.05, 0.1) is 20.3 Å². The molecule has 0 saturated heterocycles. The predicted molar refractivity (Wildman–Crippen MR) is 92.8 cm³/mol. The average Bonchev–Trinajstić information content (AvgIpc) is 2.61. The van der Waals surface area contributed by atoms with E-state index in [1.807, 2.05) is 37.3 Å². The fourth-order valence-corrected chi connectivity index (χ4v) is 3.16. The summed E-state index contributed by atoms with van der Waals surface area (Å²) >= 11 is 0. The fraction of sp³-hybridized carbons (Fsp3) is 0.250. The molecule has 1 aromatic carbocycles. The molecule has 0 spiro atoms. The summed E-state index contributed by atoms with van der Waals surface area (Å²) in [7, 11) is 1.58. The van der Waals surface area contributed by atoms with Gasteiger partial charge in [-0.25, -0.2) is 0 Å². The number of hydrogen-bond acceptors (Lipinski definition) is 3. The molecule has 0 amide bonds. The van der Waals surface area contributed by atoms with Gasteiger partial charge in [0.2, 0.25) is 0 Å². The number of likely N-dealkylation sites (N-methyl/N-ethyl adjacent to an activating group) is 1. The molecule has 1 unspecified atom stereocenters. The van der Waals surface area contributed by atoms with Crippen LogP contribution in [0.3, 0.4) is 0 Å². The summed E-state index contributed by atoms with van der Waals surface area (Å²) in [4.78, 5) is 13.7. The zero-order valence-corrected chi connectivity index (χ0v) is 14.3. The van der Waals surface area contributed by atoms with Gasteiger partial charge in [0.25, 0.3) is 0 Å². The number of nitrogens with one attached hydrogen (secondary N) is 1. The van der Waals surface area contributed by atoms with Crippen LogP contribution in [0.5, 0.6) is 0 Å². The molecule has 0 fully saturated rings. The lowest BCUT2D eigenvalue weighted by Gasteiger charge is -2.30. The van der Waals surface area contributed by atoms with Gasteiger partial charge in [0.15, 0.2) is 11.5 Å². The second-order valence-electron chi connectivity index (χ2n) is 5.60. The number of benzene rings is 1. The largest absolute Gasteiger partial charge is 0.496 e. The Balaban J connectivity index is 2.19. The van der Waals surface area contributed by atoms with Crippen LogP contribution in [0.25, 0.3) is 5.70 Å². The highest BCUT2D eigenvalue weighted by molar-refractivity contribution is 6.09. The maximum Gasteiger partial charge on any atom is 0.199 e. The van der Waals surface area contributed by atoms with E-state index in [2.05, 4.69) is 19.1 Å². The van der Waals surface area contributed by atoms with E-state index >= 15 is 0 Å². The molecule has 1 N–H and O–H groups in total. The Kier molecular flexibility index (Phi) is 4.67. The van der Waals surface area contributed by atoms with Crippen molar-refractivity contribution >= 4 is 11.5 Å². The quantitative estimate of drug-likeness (QED) is 0.903. The van der Waals surface area contributed by atoms with Crippen molar-refractivity contribution in [3.63, 3.8) is 0 Å². The van der Waals surface area contributed by atoms with E-state index in [-0.39, 0.29) is 5.78 Å². The molecule has 1 heterocycles. The molecule has 1 aliphatic carbocycles. The predicted octanol–water partition coefficient (Wildman–Crippen LogP) is 2.23. The molecule has 3 rings (SSSR count). The molecule has 1 aromatic rings. The average molecular weight is 324 g/mol. The van der Waals surface area contributed by atoms with Crippen molar-refractivity contribution in [2.45, 2.75) is 13.8 Å². The van der Waals surface area contributed by atoms with Crippen molar-refractivity contribution in [2.75, 3.05) is 20.3 Å². The Morgan fingerprint density at radius 1 is 1.00 bits per heavy atom. The molecule has 1 aliphatic heterocycles. The second-order valence-corrected chi connectivity index (χ2v) is 5.60. The molecular weight excluding hydrogens is 302 g/mol. The van der Waals surface area contributed by atoms with Crippen molar-refractivity contribution in [3.05, 3.63) is 76.9 Å². The maximum absolute atomic E-state index is 12.6. The first-order chi connectivity index (χ1) is 11.7. The van der Waals surface area contributed by atoms with Gasteiger partial charge in [-0.2, -0.15) is 0 Å². The molecule has 2 aliphatic rings. The van der Waals surface area contributed by atoms with Crippen LogP contribution in [0.1, 0.15) is 19.4 Å². The van der Waals surface area contributed by atoms with Crippen molar-refractivity contribution in [3.8, 4) is 0 Å². The highest BCUT2D eigenvalue weighted by Crippen LogP contribution is 2.28. The van der Waals surface area contributed by atoms with Crippen LogP contribution in [0.15, 0.2) is 71.3 Å². The summed E-state index contributed by atoms with van der Waals surface area (Å²) in [6, 6.07) is 10.2. The standard InChI is InChI=1S/C20H21NO3/c1-4-21-16(14-9-7-6-8-10-14)13-19(24-5-2)20-17(21)11-15(23-3)12-18(20)22/h6-13H,4-5H2,1-3H3/p+1. The maximum atomic E-state index is 12.6. The van der Waals surface area contributed by atoms with Crippen molar-refractivity contribution in [1.29, 1.82) is 0 Å². The molecule has 1 atom stereocenters. The van der Waals surface area contributed by atoms with E-state index < -0.39 is 0 Å². The summed E-state index contributed by atoms with van der Waals surface area (Å²) in [6.07, 6.45) is 5.45. The lowest BCUT2D eigenvalue weighted by atomic mass is 9.93. The van der Waals surface area contributed by atoms with Crippen LogP contribution in [-0.4, -0.2) is 26.0 Å². The Hall–Kier alpha value is -2.59. The second kappa shape index (κ2) is 6.89. The summed E-state index contributed by atoms with van der Waals surface area (Å²) in [5, 5.41) is 0. The number of rotatable bonds is 5. The monoisotopic (exact) mass is 324 g/mol. The molecule has 0 radical (unpaired) electrons. The summed E-state index contributed by atoms with van der Waals surface area (Å²) in [5.74, 6) is 1.15. The van der Waals surface area contributed by atoms with E-state index in [1.165, 1.54) is 6.08 Å². The lowest BCUT2D eigenvalue weighted by Crippen LogP contribution is -3.08. The van der Waals surface area contributed by atoms with Crippen molar-refractivity contribution < 1.29 is 19.2 Å². The van der Waals surface area contributed by atoms with Crippen LogP contribution in [0.4, 0.5) is 0 Å². The summed E-state index contributed by atoms with van der Waals surface area (Å²) in [6.45, 7) is 5.36. The molecule has 0 saturated carbocycles. The Morgan fingerprint density at radius 3 is 2.38 bits per heavy atom. The lowest BCUT2D eigenvalue weighted by molar-refractivity contribution is -0.778. The minimum Gasteiger partial charge on any atom is -0.496 e. The third kappa shape index (κ3) is 2.81. The minimum atomic E-state index is -0.0675. The van der Waals surface area contributed by atoms with Gasteiger partial charge in [0, 0.05) is 23.8 Å². The van der Waals surface area contributed by atoms with Gasteiger partial charge in [-0.15, -0.1) is 0 Å². The zero-order valence-electron chi connectivity index (χ0n) is 14.3. The van der Waals surface area contributed by atoms with E-state index in [9.17, 15) is 4.79 Å². The topological polar surface area (TPSA) is 40.0 Å². The van der Waals surface area contributed by atoms with Gasteiger partial charge in [-0.05, 0) is 26.0 Å². The number of carbonyl (C=O) groups is 1. The molecule has 4 heteroatoms. The van der Waals surface area contributed by atoms with E-state index in [1.54, 1.807) is 7.11 Å². The third-order valence-corrected chi connectivity index (χ3v) is 4.22. The minimum absolute atomic E-state index is 0.0675. The van der Waals surface area contributed by atoms with Crippen LogP contribution in [0, 0.1) is 0 Å². The van der Waals surface area contributed by atoms with E-state index in [4.69, 9.17) is 9.47 Å². The van der Waals surface area contributed by atoms with Gasteiger partial charge in [-0.1, -0.05) is 18.2 Å². The van der Waals surface area contributed by atoms with Crippen molar-refractivity contribution in [2.24, 2.45) is 0 Å². The fourth-order valence-electron chi connectivity index (χ4n) is 3.16. The van der Waals surface area contributed by atoms with Gasteiger partial charge in [-0.3, -0.25) is 9.69 Å². The van der Waals surface area contributed by atoms with E-state index in [0.29, 0.717) is 23.7 Å². The molecular formula is C20H22NO3+. The summed E-state index contributed by atoms with van der Waals surface area (Å²) in [5.41, 5.74) is 3.76. The first kappa shape index (κ1) is 16.3. The van der Waals surface area contributed by atoms with Crippen LogP contribution < -0.4 is 4.90 Å². The number of ketones is 1. The highest BCUT2D eigenvalue weighted by Gasteiger charge is 2.37. The molecule has 0 bridgehead atoms. The number of methoxy groups -OCH3 is 1. The first-order valence-corrected chi connectivity index (χ1v) is 8.22.